The van der Waals surface area contributed by atoms with E-state index in [1.54, 1.807) is 7.05 Å². The maximum atomic E-state index is 5.77. The minimum Gasteiger partial charge on any atom is -0.370 e. The Bertz CT molecular complexity index is 190. The molecule has 1 fully saturated rings. The Morgan fingerprint density at radius 2 is 1.77 bits per heavy atom. The molecule has 0 aliphatic carbocycles. The second kappa shape index (κ2) is 3.96. The van der Waals surface area contributed by atoms with Crippen LogP contribution in [-0.4, -0.2) is 55.0 Å². The summed E-state index contributed by atoms with van der Waals surface area (Å²) >= 11 is 0. The molecule has 0 aromatic heterocycles. The predicted octanol–water partition coefficient (Wildman–Crippen LogP) is -0.0447. The number of hydrogen-bond acceptors (Lipinski definition) is 2. The first-order valence-corrected chi connectivity index (χ1v) is 4.75. The zero-order valence-corrected chi connectivity index (χ0v) is 8.99. The molecule has 0 saturated carbocycles. The third-order valence-corrected chi connectivity index (χ3v) is 2.91. The Hall–Kier alpha value is -0.770. The van der Waals surface area contributed by atoms with Crippen LogP contribution in [0.1, 0.15) is 13.8 Å². The first-order valence-electron chi connectivity index (χ1n) is 4.75. The van der Waals surface area contributed by atoms with Crippen LogP contribution in [0.2, 0.25) is 0 Å². The van der Waals surface area contributed by atoms with Gasteiger partial charge in [-0.2, -0.15) is 0 Å². The Labute approximate surface area is 80.4 Å². The molecule has 1 heterocycles. The first kappa shape index (κ1) is 10.3. The predicted molar refractivity (Wildman–Crippen MR) is 55.8 cm³/mol. The number of piperazine rings is 1. The van der Waals surface area contributed by atoms with Gasteiger partial charge in [0.05, 0.1) is 0 Å². The summed E-state index contributed by atoms with van der Waals surface area (Å²) in [4.78, 5) is 8.53. The Morgan fingerprint density at radius 3 is 2.15 bits per heavy atom. The zero-order valence-electron chi connectivity index (χ0n) is 8.99. The third kappa shape index (κ3) is 2.12. The highest BCUT2D eigenvalue weighted by Gasteiger charge is 2.26. The van der Waals surface area contributed by atoms with Crippen LogP contribution in [0.25, 0.3) is 0 Å². The Kier molecular flexibility index (Phi) is 3.14. The van der Waals surface area contributed by atoms with E-state index in [2.05, 4.69) is 35.7 Å². The number of nitrogens with zero attached hydrogens (tertiary/aromatic N) is 3. The van der Waals surface area contributed by atoms with Crippen LogP contribution in [0.4, 0.5) is 0 Å². The van der Waals surface area contributed by atoms with Gasteiger partial charge in [0.2, 0.25) is 0 Å². The molecule has 0 aromatic rings. The number of rotatable bonds is 0. The van der Waals surface area contributed by atoms with Gasteiger partial charge in [-0.3, -0.25) is 9.89 Å². The summed E-state index contributed by atoms with van der Waals surface area (Å²) in [7, 11) is 3.90. The van der Waals surface area contributed by atoms with Crippen LogP contribution in [0.15, 0.2) is 4.99 Å². The minimum absolute atomic E-state index is 0.545. The SMILES string of the molecule is CN=C(N)N1CC(C)N(C)C(C)C1. The second-order valence-corrected chi connectivity index (χ2v) is 3.85. The van der Waals surface area contributed by atoms with Crippen molar-refractivity contribution >= 4 is 5.96 Å². The highest BCUT2D eigenvalue weighted by atomic mass is 15.3. The van der Waals surface area contributed by atoms with Gasteiger partial charge in [-0.05, 0) is 20.9 Å². The fraction of sp³-hybridized carbons (Fsp3) is 0.889. The van der Waals surface area contributed by atoms with Gasteiger partial charge in [0.15, 0.2) is 5.96 Å². The molecule has 4 heteroatoms. The number of guanidine groups is 1. The minimum atomic E-state index is 0.545. The van der Waals surface area contributed by atoms with E-state index in [-0.39, 0.29) is 0 Å². The molecular weight excluding hydrogens is 164 g/mol. The van der Waals surface area contributed by atoms with Crippen LogP contribution < -0.4 is 5.73 Å². The normalized spacial score (nSPS) is 32.3. The van der Waals surface area contributed by atoms with Gasteiger partial charge in [0, 0.05) is 32.2 Å². The van der Waals surface area contributed by atoms with E-state index in [1.807, 2.05) is 0 Å². The van der Waals surface area contributed by atoms with Crippen LogP contribution in [0.5, 0.6) is 0 Å². The summed E-state index contributed by atoms with van der Waals surface area (Å²) in [6.45, 7) is 6.38. The molecule has 0 aromatic carbocycles. The summed E-state index contributed by atoms with van der Waals surface area (Å²) in [6, 6.07) is 1.09. The molecule has 2 atom stereocenters. The molecule has 0 radical (unpaired) electrons. The number of likely N-dealkylation sites (N-methyl/N-ethyl adjacent to an activating group) is 1. The second-order valence-electron chi connectivity index (χ2n) is 3.85. The van der Waals surface area contributed by atoms with E-state index in [0.29, 0.717) is 18.0 Å². The summed E-state index contributed by atoms with van der Waals surface area (Å²) in [5.74, 6) is 0.659. The molecule has 0 amide bonds. The van der Waals surface area contributed by atoms with E-state index >= 15 is 0 Å². The summed E-state index contributed by atoms with van der Waals surface area (Å²) in [6.07, 6.45) is 0. The van der Waals surface area contributed by atoms with Crippen molar-refractivity contribution in [3.05, 3.63) is 0 Å². The van der Waals surface area contributed by atoms with E-state index in [0.717, 1.165) is 13.1 Å². The molecule has 2 unspecified atom stereocenters. The van der Waals surface area contributed by atoms with Crippen molar-refractivity contribution in [2.75, 3.05) is 27.2 Å². The largest absolute Gasteiger partial charge is 0.370 e. The maximum absolute atomic E-state index is 5.77. The fourth-order valence-electron chi connectivity index (χ4n) is 1.73. The number of hydrogen-bond donors (Lipinski definition) is 1. The maximum Gasteiger partial charge on any atom is 0.191 e. The lowest BCUT2D eigenvalue weighted by Gasteiger charge is -2.42. The Morgan fingerprint density at radius 1 is 1.31 bits per heavy atom. The van der Waals surface area contributed by atoms with Gasteiger partial charge in [-0.15, -0.1) is 0 Å². The van der Waals surface area contributed by atoms with Crippen molar-refractivity contribution in [1.82, 2.24) is 9.80 Å². The van der Waals surface area contributed by atoms with Crippen molar-refractivity contribution < 1.29 is 0 Å². The third-order valence-electron chi connectivity index (χ3n) is 2.91. The molecule has 0 spiro atoms. The van der Waals surface area contributed by atoms with Gasteiger partial charge in [0.1, 0.15) is 0 Å². The number of nitrogens with two attached hydrogens (primary N) is 1. The molecule has 0 bridgehead atoms. The van der Waals surface area contributed by atoms with Crippen molar-refractivity contribution in [2.45, 2.75) is 25.9 Å². The fourth-order valence-corrected chi connectivity index (χ4v) is 1.73. The lowest BCUT2D eigenvalue weighted by molar-refractivity contribution is 0.0981. The molecule has 13 heavy (non-hydrogen) atoms. The molecule has 1 saturated heterocycles. The van der Waals surface area contributed by atoms with Gasteiger partial charge in [-0.1, -0.05) is 0 Å². The van der Waals surface area contributed by atoms with E-state index in [1.165, 1.54) is 0 Å². The summed E-state index contributed by atoms with van der Waals surface area (Å²) < 4.78 is 0. The lowest BCUT2D eigenvalue weighted by Crippen LogP contribution is -2.57. The molecular formula is C9H20N4. The Balaban J connectivity index is 2.63. The van der Waals surface area contributed by atoms with Crippen molar-refractivity contribution in [3.8, 4) is 0 Å². The van der Waals surface area contributed by atoms with Crippen molar-refractivity contribution in [3.63, 3.8) is 0 Å². The lowest BCUT2D eigenvalue weighted by atomic mass is 10.1. The van der Waals surface area contributed by atoms with Crippen LogP contribution in [-0.2, 0) is 0 Å². The standard InChI is InChI=1S/C9H20N4/c1-7-5-13(9(10)11-3)6-8(2)12(7)4/h7-8H,5-6H2,1-4H3,(H2,10,11). The topological polar surface area (TPSA) is 44.9 Å². The van der Waals surface area contributed by atoms with E-state index < -0.39 is 0 Å². The van der Waals surface area contributed by atoms with E-state index in [9.17, 15) is 0 Å². The zero-order chi connectivity index (χ0) is 10.0. The molecule has 1 aliphatic heterocycles. The average molecular weight is 184 g/mol. The van der Waals surface area contributed by atoms with Crippen molar-refractivity contribution in [1.29, 1.82) is 0 Å². The summed E-state index contributed by atoms with van der Waals surface area (Å²) in [5, 5.41) is 0. The quantitative estimate of drug-likeness (QED) is 0.424. The first-order chi connectivity index (χ1) is 6.06. The molecule has 4 nitrogen and oxygen atoms in total. The van der Waals surface area contributed by atoms with Crippen LogP contribution in [0, 0.1) is 0 Å². The molecule has 76 valence electrons. The monoisotopic (exact) mass is 184 g/mol. The van der Waals surface area contributed by atoms with Gasteiger partial charge in [0.25, 0.3) is 0 Å². The van der Waals surface area contributed by atoms with Crippen LogP contribution in [0.3, 0.4) is 0 Å². The average Bonchev–Trinajstić information content (AvgIpc) is 2.12. The summed E-state index contributed by atoms with van der Waals surface area (Å²) in [5.41, 5.74) is 5.77. The molecule has 1 rings (SSSR count). The van der Waals surface area contributed by atoms with Gasteiger partial charge < -0.3 is 10.6 Å². The molecule has 2 N–H and O–H groups in total. The highest BCUT2D eigenvalue weighted by molar-refractivity contribution is 5.78. The number of aliphatic imine (C=N–C) groups is 1. The van der Waals surface area contributed by atoms with Crippen LogP contribution >= 0.6 is 0 Å². The van der Waals surface area contributed by atoms with Crippen molar-refractivity contribution in [2.24, 2.45) is 10.7 Å². The van der Waals surface area contributed by atoms with Gasteiger partial charge in [-0.25, -0.2) is 0 Å². The smallest absolute Gasteiger partial charge is 0.191 e. The van der Waals surface area contributed by atoms with E-state index in [4.69, 9.17) is 5.73 Å². The molecule has 1 aliphatic rings. The highest BCUT2D eigenvalue weighted by Crippen LogP contribution is 2.12. The van der Waals surface area contributed by atoms with Gasteiger partial charge >= 0.3 is 0 Å².